The summed E-state index contributed by atoms with van der Waals surface area (Å²) in [5, 5.41) is 9.75. The minimum Gasteiger partial charge on any atom is -0.465 e. The molecule has 3 aromatic rings. The lowest BCUT2D eigenvalue weighted by atomic mass is 10.1. The molecule has 0 aliphatic rings. The summed E-state index contributed by atoms with van der Waals surface area (Å²) < 4.78 is 37.8. The Kier molecular flexibility index (Phi) is 4.11. The maximum absolute atomic E-state index is 14.0. The highest BCUT2D eigenvalue weighted by Gasteiger charge is 2.23. The van der Waals surface area contributed by atoms with E-state index < -0.39 is 17.6 Å². The molecular formula is C14H8F2IN3O3. The van der Waals surface area contributed by atoms with Crippen molar-refractivity contribution in [3.8, 4) is 0 Å². The first-order valence-electron chi connectivity index (χ1n) is 6.26. The van der Waals surface area contributed by atoms with Gasteiger partial charge in [0.1, 0.15) is 5.82 Å². The van der Waals surface area contributed by atoms with Crippen LogP contribution in [0.4, 0.5) is 20.2 Å². The van der Waals surface area contributed by atoms with E-state index >= 15 is 0 Å². The predicted octanol–water partition coefficient (Wildman–Crippen LogP) is 3.64. The SMILES string of the molecule is COC(=O)c1cc(F)c2nonc2c1Nc1ccc(I)cc1F. The number of anilines is 2. The van der Waals surface area contributed by atoms with Gasteiger partial charge in [0.05, 0.1) is 24.0 Å². The summed E-state index contributed by atoms with van der Waals surface area (Å²) in [6.07, 6.45) is 0. The number of hydrogen-bond acceptors (Lipinski definition) is 6. The van der Waals surface area contributed by atoms with Gasteiger partial charge in [0.2, 0.25) is 0 Å². The largest absolute Gasteiger partial charge is 0.465 e. The molecule has 0 saturated heterocycles. The van der Waals surface area contributed by atoms with E-state index in [0.717, 1.165) is 13.2 Å². The summed E-state index contributed by atoms with van der Waals surface area (Å²) in [5.41, 5.74) is -0.221. The first-order chi connectivity index (χ1) is 11.0. The van der Waals surface area contributed by atoms with Crippen LogP contribution in [-0.4, -0.2) is 23.4 Å². The lowest BCUT2D eigenvalue weighted by Crippen LogP contribution is -2.08. The quantitative estimate of drug-likeness (QED) is 0.504. The fourth-order valence-corrected chi connectivity index (χ4v) is 2.48. The van der Waals surface area contributed by atoms with Crippen molar-refractivity contribution in [1.82, 2.24) is 10.3 Å². The Bertz CT molecular complexity index is 914. The Hall–Kier alpha value is -2.30. The first kappa shape index (κ1) is 15.6. The van der Waals surface area contributed by atoms with Gasteiger partial charge in [-0.25, -0.2) is 18.2 Å². The van der Waals surface area contributed by atoms with E-state index in [4.69, 9.17) is 0 Å². The van der Waals surface area contributed by atoms with E-state index in [1.807, 2.05) is 22.6 Å². The lowest BCUT2D eigenvalue weighted by molar-refractivity contribution is 0.0601. The third-order valence-electron chi connectivity index (χ3n) is 3.09. The highest BCUT2D eigenvalue weighted by Crippen LogP contribution is 2.32. The van der Waals surface area contributed by atoms with Crippen molar-refractivity contribution in [2.45, 2.75) is 0 Å². The van der Waals surface area contributed by atoms with Crippen molar-refractivity contribution < 1.29 is 22.9 Å². The van der Waals surface area contributed by atoms with Crippen LogP contribution in [0.5, 0.6) is 0 Å². The van der Waals surface area contributed by atoms with Gasteiger partial charge in [-0.05, 0) is 57.2 Å². The number of methoxy groups -OCH3 is 1. The number of hydrogen-bond donors (Lipinski definition) is 1. The molecule has 1 N–H and O–H groups in total. The van der Waals surface area contributed by atoms with Gasteiger partial charge < -0.3 is 10.1 Å². The number of nitrogens with zero attached hydrogens (tertiary/aromatic N) is 2. The molecule has 0 amide bonds. The van der Waals surface area contributed by atoms with Crippen molar-refractivity contribution in [2.24, 2.45) is 0 Å². The highest BCUT2D eigenvalue weighted by atomic mass is 127. The molecular weight excluding hydrogens is 423 g/mol. The molecule has 6 nitrogen and oxygen atoms in total. The molecule has 23 heavy (non-hydrogen) atoms. The standard InChI is InChI=1S/C14H8F2IN3O3/c1-22-14(21)7-5-9(16)12-13(20-23-19-12)11(7)18-10-3-2-6(17)4-8(10)15/h2-5,18H,1H3. The molecule has 0 fully saturated rings. The molecule has 2 aromatic carbocycles. The molecule has 0 bridgehead atoms. The Morgan fingerprint density at radius 1 is 1.22 bits per heavy atom. The molecule has 0 aliphatic heterocycles. The fourth-order valence-electron chi connectivity index (χ4n) is 2.03. The maximum Gasteiger partial charge on any atom is 0.340 e. The zero-order valence-electron chi connectivity index (χ0n) is 11.6. The van der Waals surface area contributed by atoms with E-state index in [0.29, 0.717) is 3.57 Å². The monoisotopic (exact) mass is 431 g/mol. The molecule has 0 aliphatic carbocycles. The smallest absolute Gasteiger partial charge is 0.340 e. The average Bonchev–Trinajstić information content (AvgIpc) is 3.01. The third-order valence-corrected chi connectivity index (χ3v) is 3.76. The molecule has 118 valence electrons. The number of benzene rings is 2. The zero-order chi connectivity index (χ0) is 16.6. The van der Waals surface area contributed by atoms with Gasteiger partial charge >= 0.3 is 5.97 Å². The molecule has 0 radical (unpaired) electrons. The van der Waals surface area contributed by atoms with E-state index in [1.54, 1.807) is 6.07 Å². The first-order valence-corrected chi connectivity index (χ1v) is 7.34. The Morgan fingerprint density at radius 2 is 1.96 bits per heavy atom. The van der Waals surface area contributed by atoms with Gasteiger partial charge in [-0.3, -0.25) is 0 Å². The second-order valence-corrected chi connectivity index (χ2v) is 5.73. The van der Waals surface area contributed by atoms with Gasteiger partial charge in [-0.2, -0.15) is 0 Å². The third kappa shape index (κ3) is 2.83. The van der Waals surface area contributed by atoms with Gasteiger partial charge in [0, 0.05) is 3.57 Å². The summed E-state index contributed by atoms with van der Waals surface area (Å²) in [6, 6.07) is 5.40. The van der Waals surface area contributed by atoms with Crippen molar-refractivity contribution >= 4 is 51.0 Å². The Labute approximate surface area is 141 Å². The van der Waals surface area contributed by atoms with Crippen LogP contribution in [0, 0.1) is 15.2 Å². The van der Waals surface area contributed by atoms with Crippen LogP contribution in [-0.2, 0) is 4.74 Å². The van der Waals surface area contributed by atoms with Crippen molar-refractivity contribution in [2.75, 3.05) is 12.4 Å². The van der Waals surface area contributed by atoms with Gasteiger partial charge in [0.15, 0.2) is 16.9 Å². The molecule has 1 aromatic heterocycles. The minimum absolute atomic E-state index is 0.0386. The Balaban J connectivity index is 2.20. The van der Waals surface area contributed by atoms with Crippen LogP contribution in [0.25, 0.3) is 11.0 Å². The van der Waals surface area contributed by atoms with Gasteiger partial charge in [-0.15, -0.1) is 0 Å². The highest BCUT2D eigenvalue weighted by molar-refractivity contribution is 14.1. The average molecular weight is 431 g/mol. The summed E-state index contributed by atoms with van der Waals surface area (Å²) in [6.45, 7) is 0. The van der Waals surface area contributed by atoms with E-state index in [9.17, 15) is 13.6 Å². The van der Waals surface area contributed by atoms with Crippen molar-refractivity contribution in [3.05, 3.63) is 45.0 Å². The summed E-state index contributed by atoms with van der Waals surface area (Å²) in [4.78, 5) is 11.9. The molecule has 0 saturated carbocycles. The molecule has 0 spiro atoms. The second-order valence-electron chi connectivity index (χ2n) is 4.48. The number of carbonyl (C=O) groups is 1. The number of esters is 1. The molecule has 9 heteroatoms. The predicted molar refractivity (Wildman–Crippen MR) is 85.5 cm³/mol. The van der Waals surface area contributed by atoms with Crippen LogP contribution in [0.15, 0.2) is 28.9 Å². The number of aromatic nitrogens is 2. The fraction of sp³-hybridized carbons (Fsp3) is 0.0714. The number of nitrogens with one attached hydrogen (secondary N) is 1. The van der Waals surface area contributed by atoms with Gasteiger partial charge in [-0.1, -0.05) is 0 Å². The summed E-state index contributed by atoms with van der Waals surface area (Å²) in [5.74, 6) is -2.14. The van der Waals surface area contributed by atoms with Crippen LogP contribution < -0.4 is 5.32 Å². The van der Waals surface area contributed by atoms with E-state index in [2.05, 4.69) is 25.0 Å². The molecule has 3 rings (SSSR count). The number of halogens is 3. The topological polar surface area (TPSA) is 77.2 Å². The van der Waals surface area contributed by atoms with Crippen LogP contribution in [0.1, 0.15) is 10.4 Å². The van der Waals surface area contributed by atoms with Gasteiger partial charge in [0.25, 0.3) is 0 Å². The minimum atomic E-state index is -0.804. The van der Waals surface area contributed by atoms with Crippen LogP contribution in [0.3, 0.4) is 0 Å². The number of fused-ring (bicyclic) bond motifs is 1. The van der Waals surface area contributed by atoms with Crippen LogP contribution >= 0.6 is 22.6 Å². The van der Waals surface area contributed by atoms with Crippen molar-refractivity contribution in [3.63, 3.8) is 0 Å². The number of rotatable bonds is 3. The maximum atomic E-state index is 14.0. The van der Waals surface area contributed by atoms with Crippen molar-refractivity contribution in [1.29, 1.82) is 0 Å². The number of ether oxygens (including phenoxy) is 1. The lowest BCUT2D eigenvalue weighted by Gasteiger charge is -2.12. The normalized spacial score (nSPS) is 10.8. The zero-order valence-corrected chi connectivity index (χ0v) is 13.7. The summed E-state index contributed by atoms with van der Waals surface area (Å²) in [7, 11) is 1.15. The Morgan fingerprint density at radius 3 is 2.65 bits per heavy atom. The van der Waals surface area contributed by atoms with Crippen LogP contribution in [0.2, 0.25) is 0 Å². The van der Waals surface area contributed by atoms with E-state index in [-0.39, 0.29) is 28.0 Å². The molecule has 0 atom stereocenters. The number of carbonyl (C=O) groups excluding carboxylic acids is 1. The molecule has 0 unspecified atom stereocenters. The molecule has 1 heterocycles. The summed E-state index contributed by atoms with van der Waals surface area (Å²) >= 11 is 1.97. The second kappa shape index (κ2) is 6.07. The van der Waals surface area contributed by atoms with E-state index in [1.165, 1.54) is 12.1 Å².